The van der Waals surface area contributed by atoms with E-state index in [1.54, 1.807) is 11.6 Å². The highest BCUT2D eigenvalue weighted by atomic mass is 16.1. The first-order chi connectivity index (χ1) is 9.00. The Bertz CT molecular complexity index is 462. The normalized spacial score (nSPS) is 21.1. The van der Waals surface area contributed by atoms with Crippen LogP contribution in [0.5, 0.6) is 0 Å². The van der Waals surface area contributed by atoms with Crippen LogP contribution >= 0.6 is 0 Å². The second-order valence-electron chi connectivity index (χ2n) is 5.34. The molecule has 2 unspecified atom stereocenters. The van der Waals surface area contributed by atoms with Crippen molar-refractivity contribution in [1.82, 2.24) is 15.1 Å². The Morgan fingerprint density at radius 2 is 2.37 bits per heavy atom. The van der Waals surface area contributed by atoms with Crippen LogP contribution < -0.4 is 16.4 Å². The third kappa shape index (κ3) is 2.89. The van der Waals surface area contributed by atoms with Gasteiger partial charge in [0.1, 0.15) is 11.4 Å². The van der Waals surface area contributed by atoms with Gasteiger partial charge in [-0.05, 0) is 45.7 Å². The molecule has 1 aliphatic rings. The molecule has 1 aliphatic heterocycles. The van der Waals surface area contributed by atoms with Crippen LogP contribution in [0.4, 0.5) is 5.82 Å². The minimum Gasteiger partial charge on any atom is -0.367 e. The first kappa shape index (κ1) is 13.9. The summed E-state index contributed by atoms with van der Waals surface area (Å²) in [5, 5.41) is 11.1. The second kappa shape index (κ2) is 5.61. The van der Waals surface area contributed by atoms with Gasteiger partial charge in [0.25, 0.3) is 5.91 Å². The number of nitrogens with two attached hydrogens (primary N) is 1. The number of piperidine rings is 1. The molecule has 2 heterocycles. The van der Waals surface area contributed by atoms with Crippen LogP contribution in [0.15, 0.2) is 0 Å². The Morgan fingerprint density at radius 1 is 1.63 bits per heavy atom. The topological polar surface area (TPSA) is 85.0 Å². The van der Waals surface area contributed by atoms with Crippen molar-refractivity contribution in [2.75, 3.05) is 18.4 Å². The number of nitrogens with one attached hydrogen (secondary N) is 2. The predicted octanol–water partition coefficient (Wildman–Crippen LogP) is 0.627. The molecule has 6 nitrogen and oxygen atoms in total. The van der Waals surface area contributed by atoms with Gasteiger partial charge >= 0.3 is 0 Å². The zero-order valence-corrected chi connectivity index (χ0v) is 11.9. The number of amides is 1. The zero-order chi connectivity index (χ0) is 14.0. The van der Waals surface area contributed by atoms with E-state index >= 15 is 0 Å². The summed E-state index contributed by atoms with van der Waals surface area (Å²) in [7, 11) is 1.83. The van der Waals surface area contributed by atoms with Crippen molar-refractivity contribution in [1.29, 1.82) is 0 Å². The van der Waals surface area contributed by atoms with Crippen molar-refractivity contribution < 1.29 is 4.79 Å². The summed E-state index contributed by atoms with van der Waals surface area (Å²) < 4.78 is 1.70. The molecule has 106 valence electrons. The van der Waals surface area contributed by atoms with Crippen LogP contribution in [0.1, 0.15) is 35.8 Å². The maximum Gasteiger partial charge on any atom is 0.254 e. The fourth-order valence-electron chi connectivity index (χ4n) is 2.76. The maximum atomic E-state index is 11.5. The average molecular weight is 265 g/mol. The average Bonchev–Trinajstić information content (AvgIpc) is 2.65. The molecule has 0 radical (unpaired) electrons. The minimum atomic E-state index is -0.429. The van der Waals surface area contributed by atoms with Crippen molar-refractivity contribution >= 4 is 11.7 Å². The Labute approximate surface area is 113 Å². The fraction of sp³-hybridized carbons (Fsp3) is 0.692. The van der Waals surface area contributed by atoms with E-state index in [4.69, 9.17) is 5.73 Å². The lowest BCUT2D eigenvalue weighted by Gasteiger charge is -2.29. The number of primary amides is 1. The molecular weight excluding hydrogens is 242 g/mol. The van der Waals surface area contributed by atoms with Gasteiger partial charge in [-0.2, -0.15) is 5.10 Å². The summed E-state index contributed by atoms with van der Waals surface area (Å²) in [4.78, 5) is 11.5. The van der Waals surface area contributed by atoms with Crippen LogP contribution in [0.3, 0.4) is 0 Å². The molecule has 0 aromatic carbocycles. The molecular formula is C13H23N5O. The van der Waals surface area contributed by atoms with Gasteiger partial charge in [-0.1, -0.05) is 0 Å². The van der Waals surface area contributed by atoms with Gasteiger partial charge in [0.2, 0.25) is 0 Å². The van der Waals surface area contributed by atoms with Crippen molar-refractivity contribution in [3.05, 3.63) is 11.3 Å². The molecule has 0 saturated carbocycles. The molecule has 2 atom stereocenters. The molecule has 1 saturated heterocycles. The summed E-state index contributed by atoms with van der Waals surface area (Å²) in [6, 6.07) is 0.278. The smallest absolute Gasteiger partial charge is 0.254 e. The lowest BCUT2D eigenvalue weighted by Crippen LogP contribution is -2.39. The summed E-state index contributed by atoms with van der Waals surface area (Å²) in [6.45, 7) is 6.06. The van der Waals surface area contributed by atoms with Crippen molar-refractivity contribution in [3.8, 4) is 0 Å². The van der Waals surface area contributed by atoms with Gasteiger partial charge in [-0.3, -0.25) is 9.48 Å². The Hall–Kier alpha value is -1.56. The quantitative estimate of drug-likeness (QED) is 0.745. The first-order valence-corrected chi connectivity index (χ1v) is 6.81. The molecule has 1 amide bonds. The highest BCUT2D eigenvalue weighted by Crippen LogP contribution is 2.23. The van der Waals surface area contributed by atoms with E-state index in [-0.39, 0.29) is 6.04 Å². The minimum absolute atomic E-state index is 0.278. The Balaban J connectivity index is 2.15. The molecule has 0 spiro atoms. The number of carbonyl (C=O) groups excluding carboxylic acids is 1. The molecule has 2 rings (SSSR count). The van der Waals surface area contributed by atoms with Gasteiger partial charge < -0.3 is 16.4 Å². The van der Waals surface area contributed by atoms with Gasteiger partial charge in [0.05, 0.1) is 5.69 Å². The first-order valence-electron chi connectivity index (χ1n) is 6.81. The number of anilines is 1. The van der Waals surface area contributed by atoms with E-state index in [2.05, 4.69) is 22.7 Å². The van der Waals surface area contributed by atoms with Crippen LogP contribution in [0, 0.1) is 12.8 Å². The van der Waals surface area contributed by atoms with Crippen LogP contribution in [-0.2, 0) is 7.05 Å². The lowest BCUT2D eigenvalue weighted by atomic mass is 9.93. The molecule has 4 N–H and O–H groups in total. The highest BCUT2D eigenvalue weighted by molar-refractivity contribution is 5.98. The van der Waals surface area contributed by atoms with Crippen LogP contribution in [0.2, 0.25) is 0 Å². The number of nitrogens with zero attached hydrogens (tertiary/aromatic N) is 2. The van der Waals surface area contributed by atoms with Gasteiger partial charge in [-0.25, -0.2) is 0 Å². The number of rotatable bonds is 4. The second-order valence-corrected chi connectivity index (χ2v) is 5.34. The van der Waals surface area contributed by atoms with E-state index in [1.165, 1.54) is 12.8 Å². The lowest BCUT2D eigenvalue weighted by molar-refractivity contribution is 0.100. The summed E-state index contributed by atoms with van der Waals surface area (Å²) in [5.41, 5.74) is 6.61. The van der Waals surface area contributed by atoms with Crippen molar-refractivity contribution in [2.24, 2.45) is 18.7 Å². The van der Waals surface area contributed by atoms with Gasteiger partial charge in [0, 0.05) is 13.1 Å². The summed E-state index contributed by atoms with van der Waals surface area (Å²) in [6.07, 6.45) is 2.40. The number of hydrogen-bond donors (Lipinski definition) is 3. The number of aromatic nitrogens is 2. The predicted molar refractivity (Wildman–Crippen MR) is 75.1 cm³/mol. The fourth-order valence-corrected chi connectivity index (χ4v) is 2.76. The van der Waals surface area contributed by atoms with Crippen molar-refractivity contribution in [2.45, 2.75) is 32.7 Å². The third-order valence-corrected chi connectivity index (χ3v) is 3.88. The number of hydrogen-bond acceptors (Lipinski definition) is 4. The van der Waals surface area contributed by atoms with Crippen LogP contribution in [-0.4, -0.2) is 34.8 Å². The van der Waals surface area contributed by atoms with Crippen LogP contribution in [0.25, 0.3) is 0 Å². The Kier molecular flexibility index (Phi) is 4.09. The summed E-state index contributed by atoms with van der Waals surface area (Å²) >= 11 is 0. The summed E-state index contributed by atoms with van der Waals surface area (Å²) in [5.74, 6) is 0.856. The monoisotopic (exact) mass is 265 g/mol. The zero-order valence-electron chi connectivity index (χ0n) is 11.9. The van der Waals surface area contributed by atoms with Gasteiger partial charge in [0.15, 0.2) is 0 Å². The van der Waals surface area contributed by atoms with E-state index in [0.29, 0.717) is 17.2 Å². The SMILES string of the molecule is Cc1nn(C)c(NC(C)C2CCCNC2)c1C(N)=O. The van der Waals surface area contributed by atoms with E-state index in [0.717, 1.165) is 18.9 Å². The molecule has 19 heavy (non-hydrogen) atoms. The van der Waals surface area contributed by atoms with Gasteiger partial charge in [-0.15, -0.1) is 0 Å². The molecule has 0 aliphatic carbocycles. The maximum absolute atomic E-state index is 11.5. The standard InChI is InChI=1S/C13H23N5O/c1-8(10-5-4-6-15-7-10)16-13-11(12(14)19)9(2)17-18(13)3/h8,10,15-16H,4-7H2,1-3H3,(H2,14,19). The highest BCUT2D eigenvalue weighted by Gasteiger charge is 2.24. The number of carbonyl (C=O) groups is 1. The number of aryl methyl sites for hydroxylation is 2. The van der Waals surface area contributed by atoms with E-state index < -0.39 is 5.91 Å². The molecule has 1 aromatic heterocycles. The third-order valence-electron chi connectivity index (χ3n) is 3.88. The van der Waals surface area contributed by atoms with E-state index in [1.807, 2.05) is 7.05 Å². The Morgan fingerprint density at radius 3 is 2.95 bits per heavy atom. The van der Waals surface area contributed by atoms with Crippen molar-refractivity contribution in [3.63, 3.8) is 0 Å². The molecule has 1 fully saturated rings. The largest absolute Gasteiger partial charge is 0.367 e. The molecule has 1 aromatic rings. The molecule has 0 bridgehead atoms. The van der Waals surface area contributed by atoms with E-state index in [9.17, 15) is 4.79 Å². The molecule has 6 heteroatoms.